The maximum atomic E-state index is 15.4. The minimum Gasteiger partial charge on any atom is -0.445 e. The van der Waals surface area contributed by atoms with Crippen molar-refractivity contribution >= 4 is 45.4 Å². The summed E-state index contributed by atoms with van der Waals surface area (Å²) in [5, 5.41) is 4.59. The highest BCUT2D eigenvalue weighted by Gasteiger charge is 2.45. The number of alkyl carbamates (subject to hydrolysis) is 1. The first-order valence-corrected chi connectivity index (χ1v) is 20.0. The molecule has 0 aromatic heterocycles. The van der Waals surface area contributed by atoms with Gasteiger partial charge < -0.3 is 19.9 Å². The molecule has 5 aliphatic rings. The Balaban J connectivity index is 0.847. The number of amides is 5. The smallest absolute Gasteiger partial charge is 0.407 e. The number of hydrogen-bond acceptors (Lipinski definition) is 10. The monoisotopic (exact) mass is 752 g/mol. The number of ether oxygens (including phenoxy) is 1. The van der Waals surface area contributed by atoms with Crippen LogP contribution in [0.25, 0.3) is 0 Å². The van der Waals surface area contributed by atoms with E-state index >= 15 is 4.39 Å². The van der Waals surface area contributed by atoms with Gasteiger partial charge in [-0.2, -0.15) is 0 Å². The number of nitrogens with one attached hydrogen (secondary N) is 2. The van der Waals surface area contributed by atoms with Crippen molar-refractivity contribution in [2.45, 2.75) is 75.3 Å². The van der Waals surface area contributed by atoms with E-state index in [0.29, 0.717) is 70.9 Å². The minimum atomic E-state index is -3.47. The van der Waals surface area contributed by atoms with Crippen molar-refractivity contribution in [2.75, 3.05) is 50.7 Å². The molecule has 5 aliphatic heterocycles. The van der Waals surface area contributed by atoms with Crippen molar-refractivity contribution in [3.05, 3.63) is 65.0 Å². The molecule has 0 bridgehead atoms. The molecule has 284 valence electrons. The second-order valence-electron chi connectivity index (χ2n) is 14.7. The van der Waals surface area contributed by atoms with Crippen LogP contribution in [0.2, 0.25) is 0 Å². The van der Waals surface area contributed by atoms with Crippen molar-refractivity contribution in [2.24, 2.45) is 5.92 Å². The molecule has 0 spiro atoms. The Morgan fingerprint density at radius 3 is 2.17 bits per heavy atom. The van der Waals surface area contributed by atoms with Gasteiger partial charge in [-0.05, 0) is 81.6 Å². The number of hydrogen-bond donors (Lipinski definition) is 2. The van der Waals surface area contributed by atoms with Crippen LogP contribution >= 0.6 is 0 Å². The zero-order valence-corrected chi connectivity index (χ0v) is 30.3. The normalized spacial score (nSPS) is 22.9. The molecule has 0 radical (unpaired) electrons. The molecule has 0 aliphatic carbocycles. The van der Waals surface area contributed by atoms with Crippen LogP contribution in [0.3, 0.4) is 0 Å². The Bertz CT molecular complexity index is 1860. The predicted octanol–water partition coefficient (Wildman–Crippen LogP) is 2.63. The maximum Gasteiger partial charge on any atom is 0.407 e. The van der Waals surface area contributed by atoms with Crippen LogP contribution in [0.4, 0.5) is 14.9 Å². The summed E-state index contributed by atoms with van der Waals surface area (Å²) in [6.45, 7) is 4.17. The number of rotatable bonds is 9. The summed E-state index contributed by atoms with van der Waals surface area (Å²) in [6, 6.07) is 10.6. The lowest BCUT2D eigenvalue weighted by molar-refractivity contribution is -0.136. The summed E-state index contributed by atoms with van der Waals surface area (Å²) in [6.07, 6.45) is 3.26. The molecular weight excluding hydrogens is 708 g/mol. The van der Waals surface area contributed by atoms with Crippen molar-refractivity contribution < 1.29 is 41.5 Å². The summed E-state index contributed by atoms with van der Waals surface area (Å²) in [4.78, 5) is 67.6. The zero-order valence-electron chi connectivity index (χ0n) is 29.5. The minimum absolute atomic E-state index is 0.00482. The number of anilines is 1. The molecular formula is C37H45FN6O8S. The first-order chi connectivity index (χ1) is 25.5. The van der Waals surface area contributed by atoms with Gasteiger partial charge in [-0.15, -0.1) is 0 Å². The summed E-state index contributed by atoms with van der Waals surface area (Å²) < 4.78 is 49.4. The molecule has 53 heavy (non-hydrogen) atoms. The van der Waals surface area contributed by atoms with Gasteiger partial charge in [-0.3, -0.25) is 29.4 Å². The average Bonchev–Trinajstić information content (AvgIpc) is 3.39. The molecule has 4 fully saturated rings. The highest BCUT2D eigenvalue weighted by Crippen LogP contribution is 2.35. The van der Waals surface area contributed by atoms with Crippen molar-refractivity contribution in [1.82, 2.24) is 24.7 Å². The highest BCUT2D eigenvalue weighted by atomic mass is 32.2. The van der Waals surface area contributed by atoms with Gasteiger partial charge >= 0.3 is 6.09 Å². The Kier molecular flexibility index (Phi) is 10.8. The van der Waals surface area contributed by atoms with E-state index in [0.717, 1.165) is 35.9 Å². The van der Waals surface area contributed by atoms with E-state index in [1.165, 1.54) is 6.07 Å². The molecule has 7 rings (SSSR count). The van der Waals surface area contributed by atoms with Gasteiger partial charge in [0.15, 0.2) is 0 Å². The third kappa shape index (κ3) is 7.94. The van der Waals surface area contributed by atoms with Crippen molar-refractivity contribution in [3.8, 4) is 0 Å². The van der Waals surface area contributed by atoms with E-state index in [1.807, 2.05) is 35.2 Å². The van der Waals surface area contributed by atoms with Gasteiger partial charge in [0.05, 0.1) is 22.1 Å². The number of halogens is 1. The number of piperidine rings is 4. The zero-order chi connectivity index (χ0) is 37.3. The molecule has 16 heteroatoms. The second-order valence-corrected chi connectivity index (χ2v) is 16.9. The highest BCUT2D eigenvalue weighted by molar-refractivity contribution is 7.89. The van der Waals surface area contributed by atoms with Gasteiger partial charge in [0.25, 0.3) is 11.8 Å². The van der Waals surface area contributed by atoms with Crippen LogP contribution in [0.5, 0.6) is 0 Å². The van der Waals surface area contributed by atoms with Crippen molar-refractivity contribution in [3.63, 3.8) is 0 Å². The summed E-state index contributed by atoms with van der Waals surface area (Å²) >= 11 is 0. The largest absolute Gasteiger partial charge is 0.445 e. The van der Waals surface area contributed by atoms with E-state index in [4.69, 9.17) is 4.74 Å². The molecule has 5 amide bonds. The predicted molar refractivity (Wildman–Crippen MR) is 191 cm³/mol. The lowest BCUT2D eigenvalue weighted by Gasteiger charge is -2.39. The maximum absolute atomic E-state index is 15.4. The molecule has 0 saturated carbocycles. The molecule has 4 saturated heterocycles. The lowest BCUT2D eigenvalue weighted by Crippen LogP contribution is -2.54. The van der Waals surface area contributed by atoms with Crippen LogP contribution in [0.1, 0.15) is 77.6 Å². The Morgan fingerprint density at radius 2 is 1.51 bits per heavy atom. The third-order valence-corrected chi connectivity index (χ3v) is 13.7. The molecule has 2 aromatic carbocycles. The fraction of sp³-hybridized carbons (Fsp3) is 0.541. The van der Waals surface area contributed by atoms with Gasteiger partial charge in [-0.1, -0.05) is 30.3 Å². The summed E-state index contributed by atoms with van der Waals surface area (Å²) in [5.41, 5.74) is 1.10. The summed E-state index contributed by atoms with van der Waals surface area (Å²) in [5.74, 6) is -2.85. The second kappa shape index (κ2) is 15.5. The Morgan fingerprint density at radius 1 is 0.849 bits per heavy atom. The average molecular weight is 753 g/mol. The van der Waals surface area contributed by atoms with E-state index in [-0.39, 0.29) is 42.3 Å². The standard InChI is InChI=1S/C37H45FN6O8S/c38-30-20-28-29(36(48)44(35(28)47)31-6-7-33(45)40-34(31)46)21-32(30)42-16-8-24(9-17-42)22-41-14-12-27(13-15-41)53(50,51)43-18-10-26(11-19-43)39-37(49)52-23-25-4-2-1-3-5-25/h1-5,20-21,24,26-27,31H,6-19,22-23H2,(H,39,49)(H,40,45,46). The first kappa shape index (κ1) is 36.9. The van der Waals surface area contributed by atoms with Gasteiger partial charge in [0, 0.05) is 45.2 Å². The SMILES string of the molecule is O=C1CCC(N2C(=O)c3cc(F)c(N4CCC(CN5CCC(S(=O)(=O)N6CCC(NC(=O)OCc7ccccc7)CC6)CC5)CC4)cc3C2=O)C(=O)N1. The van der Waals surface area contributed by atoms with Crippen LogP contribution in [-0.2, 0) is 31.0 Å². The number of sulfonamides is 1. The number of benzene rings is 2. The molecule has 1 atom stereocenters. The molecule has 1 unspecified atom stereocenters. The van der Waals surface area contributed by atoms with E-state index in [2.05, 4.69) is 15.5 Å². The van der Waals surface area contributed by atoms with E-state index < -0.39 is 56.9 Å². The Labute approximate surface area is 308 Å². The fourth-order valence-corrected chi connectivity index (χ4v) is 10.2. The number of nitrogens with zero attached hydrogens (tertiary/aromatic N) is 4. The van der Waals surface area contributed by atoms with Crippen LogP contribution in [0.15, 0.2) is 42.5 Å². The number of imide groups is 2. The van der Waals surface area contributed by atoms with Gasteiger partial charge in [0.1, 0.15) is 18.5 Å². The van der Waals surface area contributed by atoms with Gasteiger partial charge in [-0.25, -0.2) is 21.9 Å². The van der Waals surface area contributed by atoms with Gasteiger partial charge in [0.2, 0.25) is 21.8 Å². The molecule has 2 aromatic rings. The van der Waals surface area contributed by atoms with Crippen LogP contribution in [0, 0.1) is 11.7 Å². The topological polar surface area (TPSA) is 166 Å². The number of carbonyl (C=O) groups is 5. The third-order valence-electron chi connectivity index (χ3n) is 11.3. The van der Waals surface area contributed by atoms with E-state index in [9.17, 15) is 32.4 Å². The lowest BCUT2D eigenvalue weighted by atomic mass is 9.94. The quantitative estimate of drug-likeness (QED) is 0.364. The fourth-order valence-electron chi connectivity index (χ4n) is 8.23. The molecule has 14 nitrogen and oxygen atoms in total. The number of carbonyl (C=O) groups excluding carboxylic acids is 5. The van der Waals surface area contributed by atoms with E-state index in [1.54, 1.807) is 4.31 Å². The van der Waals surface area contributed by atoms with Crippen molar-refractivity contribution in [1.29, 1.82) is 0 Å². The first-order valence-electron chi connectivity index (χ1n) is 18.5. The molecule has 2 N–H and O–H groups in total. The summed E-state index contributed by atoms with van der Waals surface area (Å²) in [7, 11) is -3.47. The van der Waals surface area contributed by atoms with Crippen LogP contribution < -0.4 is 15.5 Å². The number of fused-ring (bicyclic) bond motifs is 1. The number of likely N-dealkylation sites (tertiary alicyclic amines) is 1. The molecule has 5 heterocycles. The van der Waals surface area contributed by atoms with Crippen LogP contribution in [-0.4, -0.2) is 115 Å². The Hall–Kier alpha value is -4.41.